The minimum absolute atomic E-state index is 0.0293. The molecule has 3 aromatic rings. The van der Waals surface area contributed by atoms with Crippen molar-refractivity contribution in [2.24, 2.45) is 5.92 Å². The Morgan fingerprint density at radius 3 is 1.60 bits per heavy atom. The Morgan fingerprint density at radius 1 is 0.714 bits per heavy atom. The molecule has 3 rings (SSSR count). The maximum Gasteiger partial charge on any atom is 0.332 e. The van der Waals surface area contributed by atoms with E-state index in [4.69, 9.17) is 14.0 Å². The van der Waals surface area contributed by atoms with Gasteiger partial charge in [0.05, 0.1) is 12.8 Å². The third-order valence-corrected chi connectivity index (χ3v) is 6.52. The van der Waals surface area contributed by atoms with Crippen molar-refractivity contribution in [2.45, 2.75) is 32.2 Å². The van der Waals surface area contributed by atoms with Gasteiger partial charge in [-0.1, -0.05) is 91.0 Å². The van der Waals surface area contributed by atoms with Gasteiger partial charge in [-0.3, -0.25) is 14.2 Å². The number of rotatable bonds is 13. The van der Waals surface area contributed by atoms with Crippen molar-refractivity contribution in [1.82, 2.24) is 0 Å². The Balaban J connectivity index is 1.54. The van der Waals surface area contributed by atoms with E-state index < -0.39 is 25.5 Å². The maximum atomic E-state index is 12.7. The molecule has 3 aromatic carbocycles. The second kappa shape index (κ2) is 13.6. The van der Waals surface area contributed by atoms with Crippen LogP contribution in [0.3, 0.4) is 0 Å². The molecule has 0 amide bonds. The molecule has 0 saturated carbocycles. The normalized spacial score (nSPS) is 12.6. The van der Waals surface area contributed by atoms with E-state index in [2.05, 4.69) is 0 Å². The van der Waals surface area contributed by atoms with Gasteiger partial charge in [0.15, 0.2) is 5.92 Å². The Bertz CT molecular complexity index is 1050. The molecule has 0 aromatic heterocycles. The van der Waals surface area contributed by atoms with Crippen LogP contribution in [0.25, 0.3) is 0 Å². The molecule has 0 aliphatic carbocycles. The van der Waals surface area contributed by atoms with Gasteiger partial charge in [-0.25, -0.2) is 0 Å². The lowest BCUT2D eigenvalue weighted by Gasteiger charge is -2.17. The van der Waals surface area contributed by atoms with Crippen molar-refractivity contribution >= 4 is 19.5 Å². The zero-order valence-corrected chi connectivity index (χ0v) is 20.2. The summed E-state index contributed by atoms with van der Waals surface area (Å²) in [4.78, 5) is 35.6. The van der Waals surface area contributed by atoms with Crippen LogP contribution in [-0.4, -0.2) is 23.4 Å². The summed E-state index contributed by atoms with van der Waals surface area (Å²) >= 11 is 0. The van der Waals surface area contributed by atoms with Crippen molar-refractivity contribution in [2.75, 3.05) is 6.61 Å². The minimum atomic E-state index is -3.86. The lowest BCUT2D eigenvalue weighted by molar-refractivity contribution is -0.164. The van der Waals surface area contributed by atoms with Gasteiger partial charge in [0.1, 0.15) is 13.2 Å². The molecule has 0 bridgehead atoms. The molecule has 8 heteroatoms. The second-order valence-corrected chi connectivity index (χ2v) is 9.85. The highest BCUT2D eigenvalue weighted by Gasteiger charge is 2.30. The van der Waals surface area contributed by atoms with Crippen LogP contribution in [0.2, 0.25) is 0 Å². The first-order valence-corrected chi connectivity index (χ1v) is 13.1. The Morgan fingerprint density at radius 2 is 1.14 bits per heavy atom. The number of benzene rings is 3. The van der Waals surface area contributed by atoms with Crippen LogP contribution in [0, 0.1) is 5.92 Å². The lowest BCUT2D eigenvalue weighted by atomic mass is 10.0. The van der Waals surface area contributed by atoms with E-state index in [1.807, 2.05) is 66.7 Å². The molecule has 1 unspecified atom stereocenters. The number of hydrogen-bond acceptors (Lipinski definition) is 6. The smallest absolute Gasteiger partial charge is 0.332 e. The number of carbonyl (C=O) groups excluding carboxylic acids is 2. The molecule has 1 atom stereocenters. The van der Waals surface area contributed by atoms with E-state index in [-0.39, 0.29) is 38.8 Å². The SMILES string of the molecule is O=C(OCc1ccccc1)C(CCCOP(=O)(O)Cc1ccccc1)C(=O)OCc1ccccc1. The van der Waals surface area contributed by atoms with E-state index in [0.29, 0.717) is 5.56 Å². The van der Waals surface area contributed by atoms with Gasteiger partial charge in [-0.15, -0.1) is 0 Å². The van der Waals surface area contributed by atoms with Crippen molar-refractivity contribution in [1.29, 1.82) is 0 Å². The zero-order chi connectivity index (χ0) is 24.9. The fourth-order valence-electron chi connectivity index (χ4n) is 3.34. The van der Waals surface area contributed by atoms with Crippen LogP contribution in [0.1, 0.15) is 29.5 Å². The van der Waals surface area contributed by atoms with Gasteiger partial charge < -0.3 is 18.9 Å². The standard InChI is InChI=1S/C27H29O7P/c28-26(32-19-22-11-4-1-5-12-22)25(27(29)33-20-23-13-6-2-7-14-23)17-10-18-34-35(30,31)21-24-15-8-3-9-16-24/h1-9,11-16,25H,10,17-21H2,(H,30,31). The van der Waals surface area contributed by atoms with E-state index in [9.17, 15) is 19.0 Å². The summed E-state index contributed by atoms with van der Waals surface area (Å²) in [5.74, 6) is -2.58. The maximum absolute atomic E-state index is 12.7. The fourth-order valence-corrected chi connectivity index (χ4v) is 4.52. The molecule has 0 heterocycles. The number of ether oxygens (including phenoxy) is 2. The Kier molecular flexibility index (Phi) is 10.2. The molecular weight excluding hydrogens is 467 g/mol. The highest BCUT2D eigenvalue weighted by atomic mass is 31.2. The molecule has 7 nitrogen and oxygen atoms in total. The summed E-state index contributed by atoms with van der Waals surface area (Å²) in [6, 6.07) is 27.1. The summed E-state index contributed by atoms with van der Waals surface area (Å²) in [6.45, 7) is -0.0296. The Labute approximate surface area is 205 Å². The van der Waals surface area contributed by atoms with Gasteiger partial charge in [-0.2, -0.15) is 0 Å². The number of carbonyl (C=O) groups is 2. The molecule has 35 heavy (non-hydrogen) atoms. The summed E-state index contributed by atoms with van der Waals surface area (Å²) < 4.78 is 28.3. The summed E-state index contributed by atoms with van der Waals surface area (Å²) in [6.07, 6.45) is 0.146. The van der Waals surface area contributed by atoms with Crippen LogP contribution in [-0.2, 0) is 47.5 Å². The molecule has 0 fully saturated rings. The first-order chi connectivity index (χ1) is 16.9. The van der Waals surface area contributed by atoms with Crippen LogP contribution in [0.4, 0.5) is 0 Å². The van der Waals surface area contributed by atoms with Crippen LogP contribution >= 0.6 is 7.60 Å². The highest BCUT2D eigenvalue weighted by molar-refractivity contribution is 7.51. The minimum Gasteiger partial charge on any atom is -0.460 e. The average molecular weight is 496 g/mol. The van der Waals surface area contributed by atoms with Gasteiger partial charge in [0, 0.05) is 0 Å². The van der Waals surface area contributed by atoms with E-state index in [1.165, 1.54) is 0 Å². The summed E-state index contributed by atoms with van der Waals surface area (Å²) in [5, 5.41) is 0. The molecule has 1 N–H and O–H groups in total. The molecule has 0 aliphatic rings. The first kappa shape index (κ1) is 26.4. The highest BCUT2D eigenvalue weighted by Crippen LogP contribution is 2.45. The van der Waals surface area contributed by atoms with Crippen molar-refractivity contribution < 1.29 is 33.0 Å². The van der Waals surface area contributed by atoms with Crippen LogP contribution < -0.4 is 0 Å². The second-order valence-electron chi connectivity index (χ2n) is 8.00. The van der Waals surface area contributed by atoms with Crippen molar-refractivity contribution in [3.63, 3.8) is 0 Å². The molecule has 0 spiro atoms. The third-order valence-electron chi connectivity index (χ3n) is 5.17. The van der Waals surface area contributed by atoms with E-state index in [0.717, 1.165) is 11.1 Å². The number of hydrogen-bond donors (Lipinski definition) is 1. The summed E-state index contributed by atoms with van der Waals surface area (Å²) in [5.41, 5.74) is 2.27. The largest absolute Gasteiger partial charge is 0.460 e. The van der Waals surface area contributed by atoms with Gasteiger partial charge in [0.2, 0.25) is 0 Å². The molecule has 0 saturated heterocycles. The monoisotopic (exact) mass is 496 g/mol. The zero-order valence-electron chi connectivity index (χ0n) is 19.3. The van der Waals surface area contributed by atoms with E-state index >= 15 is 0 Å². The van der Waals surface area contributed by atoms with Gasteiger partial charge in [0.25, 0.3) is 0 Å². The van der Waals surface area contributed by atoms with Crippen LogP contribution in [0.5, 0.6) is 0 Å². The van der Waals surface area contributed by atoms with Crippen molar-refractivity contribution in [3.05, 3.63) is 108 Å². The molecule has 0 radical (unpaired) electrons. The predicted molar refractivity (Wildman–Crippen MR) is 131 cm³/mol. The first-order valence-electron chi connectivity index (χ1n) is 11.3. The lowest BCUT2D eigenvalue weighted by Crippen LogP contribution is -2.28. The number of esters is 2. The quantitative estimate of drug-likeness (QED) is 0.149. The molecule has 184 valence electrons. The fraction of sp³-hybridized carbons (Fsp3) is 0.259. The molecule has 0 aliphatic heterocycles. The average Bonchev–Trinajstić information content (AvgIpc) is 2.87. The Hall–Kier alpha value is -3.25. The van der Waals surface area contributed by atoms with Crippen LogP contribution in [0.15, 0.2) is 91.0 Å². The predicted octanol–water partition coefficient (Wildman–Crippen LogP) is 5.27. The third kappa shape index (κ3) is 9.49. The van der Waals surface area contributed by atoms with Gasteiger partial charge >= 0.3 is 19.5 Å². The van der Waals surface area contributed by atoms with E-state index in [1.54, 1.807) is 24.3 Å². The topological polar surface area (TPSA) is 99.1 Å². The van der Waals surface area contributed by atoms with Crippen molar-refractivity contribution in [3.8, 4) is 0 Å². The van der Waals surface area contributed by atoms with Gasteiger partial charge in [-0.05, 0) is 29.5 Å². The summed E-state index contributed by atoms with van der Waals surface area (Å²) in [7, 11) is -3.86. The molecular formula is C27H29O7P.